The first-order valence-corrected chi connectivity index (χ1v) is 5.41. The van der Waals surface area contributed by atoms with Gasteiger partial charge >= 0.3 is 0 Å². The zero-order chi connectivity index (χ0) is 14.0. The van der Waals surface area contributed by atoms with E-state index in [1.54, 1.807) is 30.3 Å². The lowest BCUT2D eigenvalue weighted by Crippen LogP contribution is -3.00. The van der Waals surface area contributed by atoms with Gasteiger partial charge in [0.2, 0.25) is 5.82 Å². The average Bonchev–Trinajstić information content (AvgIpc) is 2.44. The van der Waals surface area contributed by atoms with Crippen molar-refractivity contribution >= 4 is 5.69 Å². The van der Waals surface area contributed by atoms with E-state index in [4.69, 9.17) is 0 Å². The van der Waals surface area contributed by atoms with E-state index in [-0.39, 0.29) is 19.0 Å². The highest BCUT2D eigenvalue weighted by molar-refractivity contribution is 5.28. The van der Waals surface area contributed by atoms with Crippen molar-refractivity contribution in [3.63, 3.8) is 0 Å². The van der Waals surface area contributed by atoms with Crippen molar-refractivity contribution in [2.45, 2.75) is 6.54 Å². The third kappa shape index (κ3) is 3.08. The minimum Gasteiger partial charge on any atom is -1.00 e. The number of nitrogens with two attached hydrogens (primary N) is 1. The molecule has 0 saturated carbocycles. The first-order chi connectivity index (χ1) is 9.02. The molecule has 0 fully saturated rings. The van der Waals surface area contributed by atoms with Gasteiger partial charge in [-0.15, -0.1) is 0 Å². The lowest BCUT2D eigenvalue weighted by molar-refractivity contribution is -0.589. The van der Waals surface area contributed by atoms with Crippen LogP contribution in [0.2, 0.25) is 0 Å². The fraction of sp³-hybridized carbons (Fsp3) is 0.0769. The number of para-hydroxylation sites is 1. The van der Waals surface area contributed by atoms with Gasteiger partial charge in [0, 0.05) is 0 Å². The minimum atomic E-state index is -2.14. The van der Waals surface area contributed by atoms with Gasteiger partial charge in [0.05, 0.1) is 5.56 Å². The minimum absolute atomic E-state index is 0. The standard InChI is InChI=1S/C13H8F5N.ClH/c14-9-8(6-19-7-4-2-1-3-5-7)10(15)12(17)13(18)11(9)16;/h1-5,19H,6H2;1H. The van der Waals surface area contributed by atoms with E-state index in [0.29, 0.717) is 5.69 Å². The molecule has 0 amide bonds. The topological polar surface area (TPSA) is 16.6 Å². The fourth-order valence-corrected chi connectivity index (χ4v) is 1.64. The highest BCUT2D eigenvalue weighted by Crippen LogP contribution is 2.22. The van der Waals surface area contributed by atoms with Crippen LogP contribution >= 0.6 is 0 Å². The van der Waals surface area contributed by atoms with Gasteiger partial charge in [-0.2, -0.15) is 0 Å². The van der Waals surface area contributed by atoms with Crippen LogP contribution in [0, 0.1) is 29.1 Å². The Balaban J connectivity index is 0.00000200. The monoisotopic (exact) mass is 309 g/mol. The van der Waals surface area contributed by atoms with E-state index in [2.05, 4.69) is 0 Å². The van der Waals surface area contributed by atoms with Crippen molar-refractivity contribution in [2.24, 2.45) is 0 Å². The zero-order valence-electron chi connectivity index (χ0n) is 9.94. The SMILES string of the molecule is Fc1c(F)c(F)c(C[NH2+]c2ccccc2)c(F)c1F.[Cl-]. The smallest absolute Gasteiger partial charge is 0.200 e. The summed E-state index contributed by atoms with van der Waals surface area (Å²) in [6.07, 6.45) is 0. The second-order valence-electron chi connectivity index (χ2n) is 3.87. The molecule has 2 aromatic rings. The molecule has 0 spiro atoms. The molecule has 0 atom stereocenters. The van der Waals surface area contributed by atoms with Crippen LogP contribution in [0.4, 0.5) is 27.6 Å². The number of benzene rings is 2. The fourth-order valence-electron chi connectivity index (χ4n) is 1.64. The van der Waals surface area contributed by atoms with Crippen molar-refractivity contribution in [1.82, 2.24) is 0 Å². The second kappa shape index (κ2) is 6.67. The number of halogens is 6. The van der Waals surface area contributed by atoms with E-state index in [1.165, 1.54) is 5.32 Å². The molecule has 0 bridgehead atoms. The molecule has 20 heavy (non-hydrogen) atoms. The van der Waals surface area contributed by atoms with Gasteiger partial charge in [0.25, 0.3) is 0 Å². The summed E-state index contributed by atoms with van der Waals surface area (Å²) in [7, 11) is 0. The molecule has 7 heteroatoms. The average molecular weight is 310 g/mol. The summed E-state index contributed by atoms with van der Waals surface area (Å²) in [5, 5.41) is 1.39. The summed E-state index contributed by atoms with van der Waals surface area (Å²) in [4.78, 5) is 0. The molecule has 0 saturated heterocycles. The van der Waals surface area contributed by atoms with Gasteiger partial charge in [-0.3, -0.25) is 0 Å². The molecule has 0 unspecified atom stereocenters. The Kier molecular flexibility index (Phi) is 5.47. The van der Waals surface area contributed by atoms with Crippen molar-refractivity contribution < 1.29 is 39.7 Å². The van der Waals surface area contributed by atoms with Crippen LogP contribution in [0.1, 0.15) is 5.56 Å². The predicted molar refractivity (Wildman–Crippen MR) is 58.0 cm³/mol. The molecular weight excluding hydrogens is 301 g/mol. The first-order valence-electron chi connectivity index (χ1n) is 5.41. The number of quaternary nitrogens is 1. The Hall–Kier alpha value is -1.66. The normalized spacial score (nSPS) is 10.2. The Morgan fingerprint density at radius 2 is 1.15 bits per heavy atom. The summed E-state index contributed by atoms with van der Waals surface area (Å²) in [5.74, 6) is -9.56. The van der Waals surface area contributed by atoms with Crippen LogP contribution in [0.15, 0.2) is 30.3 Å². The maximum Gasteiger partial charge on any atom is 0.200 e. The molecule has 0 aromatic heterocycles. The molecule has 0 aliphatic carbocycles. The molecule has 2 aromatic carbocycles. The van der Waals surface area contributed by atoms with E-state index in [0.717, 1.165) is 0 Å². The largest absolute Gasteiger partial charge is 1.00 e. The van der Waals surface area contributed by atoms with Gasteiger partial charge in [-0.25, -0.2) is 22.0 Å². The number of hydrogen-bond donors (Lipinski definition) is 1. The summed E-state index contributed by atoms with van der Waals surface area (Å²) < 4.78 is 65.5. The van der Waals surface area contributed by atoms with Crippen LogP contribution in [-0.2, 0) is 6.54 Å². The summed E-state index contributed by atoms with van der Waals surface area (Å²) in [5.41, 5.74) is -0.202. The van der Waals surface area contributed by atoms with Crippen molar-refractivity contribution in [3.05, 3.63) is 65.0 Å². The maximum atomic E-state index is 13.4. The van der Waals surface area contributed by atoms with E-state index >= 15 is 0 Å². The predicted octanol–water partition coefficient (Wildman–Crippen LogP) is -0.219. The molecule has 0 heterocycles. The van der Waals surface area contributed by atoms with Crippen LogP contribution < -0.4 is 17.7 Å². The maximum absolute atomic E-state index is 13.4. The van der Waals surface area contributed by atoms with Gasteiger partial charge in [0.1, 0.15) is 12.2 Å². The Morgan fingerprint density at radius 3 is 1.65 bits per heavy atom. The van der Waals surface area contributed by atoms with Crippen LogP contribution in [0.25, 0.3) is 0 Å². The molecular formula is C13H9ClF5N. The Morgan fingerprint density at radius 1 is 0.700 bits per heavy atom. The summed E-state index contributed by atoms with van der Waals surface area (Å²) in [6, 6.07) is 8.46. The zero-order valence-corrected chi connectivity index (χ0v) is 10.7. The van der Waals surface area contributed by atoms with Gasteiger partial charge in [0.15, 0.2) is 23.3 Å². The van der Waals surface area contributed by atoms with E-state index < -0.39 is 34.6 Å². The number of hydrogen-bond acceptors (Lipinski definition) is 0. The molecule has 0 aliphatic rings. The second-order valence-corrected chi connectivity index (χ2v) is 3.87. The van der Waals surface area contributed by atoms with E-state index in [9.17, 15) is 22.0 Å². The van der Waals surface area contributed by atoms with Gasteiger partial charge < -0.3 is 17.7 Å². The van der Waals surface area contributed by atoms with Crippen LogP contribution in [0.5, 0.6) is 0 Å². The lowest BCUT2D eigenvalue weighted by Gasteiger charge is -2.07. The number of rotatable bonds is 3. The third-order valence-electron chi connectivity index (χ3n) is 2.64. The van der Waals surface area contributed by atoms with Gasteiger partial charge in [-0.05, 0) is 12.1 Å². The molecule has 0 radical (unpaired) electrons. The van der Waals surface area contributed by atoms with Crippen molar-refractivity contribution in [2.75, 3.05) is 0 Å². The molecule has 108 valence electrons. The highest BCUT2D eigenvalue weighted by Gasteiger charge is 2.26. The molecule has 2 N–H and O–H groups in total. The molecule has 0 aliphatic heterocycles. The quantitative estimate of drug-likeness (QED) is 0.349. The Bertz CT molecular complexity index is 574. The van der Waals surface area contributed by atoms with Crippen molar-refractivity contribution in [1.29, 1.82) is 0 Å². The lowest BCUT2D eigenvalue weighted by atomic mass is 10.1. The molecule has 2 rings (SSSR count). The third-order valence-corrected chi connectivity index (χ3v) is 2.64. The van der Waals surface area contributed by atoms with Crippen LogP contribution in [0.3, 0.4) is 0 Å². The van der Waals surface area contributed by atoms with Crippen molar-refractivity contribution in [3.8, 4) is 0 Å². The highest BCUT2D eigenvalue weighted by atomic mass is 35.5. The summed E-state index contributed by atoms with van der Waals surface area (Å²) in [6.45, 7) is -0.379. The van der Waals surface area contributed by atoms with Crippen LogP contribution in [-0.4, -0.2) is 0 Å². The first kappa shape index (κ1) is 16.4. The van der Waals surface area contributed by atoms with Gasteiger partial charge in [-0.1, -0.05) is 18.2 Å². The summed E-state index contributed by atoms with van der Waals surface area (Å²) >= 11 is 0. The van der Waals surface area contributed by atoms with E-state index in [1.807, 2.05) is 0 Å². The molecule has 1 nitrogen and oxygen atoms in total. The Labute approximate surface area is 117 Å².